The number of carbonyl (C=O) groups excluding carboxylic acids is 2. The molecule has 4 rings (SSSR count). The SMILES string of the molecule is CCC(C)(CC(C)(C)C(=O)OC(C)(C)C12CC3CC(CC(C3)C1)C2)C(=O)OC. The number of hydrogen-bond acceptors (Lipinski definition) is 4. The van der Waals surface area contributed by atoms with Gasteiger partial charge in [-0.2, -0.15) is 0 Å². The van der Waals surface area contributed by atoms with E-state index in [1.165, 1.54) is 45.6 Å². The Balaban J connectivity index is 1.74. The summed E-state index contributed by atoms with van der Waals surface area (Å²) in [7, 11) is 1.41. The average Bonchev–Trinajstić information content (AvgIpc) is 2.58. The lowest BCUT2D eigenvalue weighted by atomic mass is 9.46. The Kier molecular flexibility index (Phi) is 5.43. The Hall–Kier alpha value is -1.06. The summed E-state index contributed by atoms with van der Waals surface area (Å²) < 4.78 is 11.3. The van der Waals surface area contributed by atoms with Crippen molar-refractivity contribution < 1.29 is 19.1 Å². The summed E-state index contributed by atoms with van der Waals surface area (Å²) in [6.07, 6.45) is 8.81. The highest BCUT2D eigenvalue weighted by Crippen LogP contribution is 2.64. The average molecular weight is 393 g/mol. The van der Waals surface area contributed by atoms with Crippen LogP contribution in [0, 0.1) is 34.0 Å². The molecule has 1 unspecified atom stereocenters. The van der Waals surface area contributed by atoms with E-state index in [-0.39, 0.29) is 17.4 Å². The molecule has 0 N–H and O–H groups in total. The Morgan fingerprint density at radius 3 is 1.75 bits per heavy atom. The van der Waals surface area contributed by atoms with Gasteiger partial charge in [0.25, 0.3) is 0 Å². The maximum absolute atomic E-state index is 13.3. The summed E-state index contributed by atoms with van der Waals surface area (Å²) >= 11 is 0. The van der Waals surface area contributed by atoms with Crippen LogP contribution < -0.4 is 0 Å². The zero-order valence-corrected chi connectivity index (χ0v) is 19.0. The molecule has 1 atom stereocenters. The first-order valence-corrected chi connectivity index (χ1v) is 11.2. The van der Waals surface area contributed by atoms with E-state index in [1.807, 2.05) is 27.7 Å². The van der Waals surface area contributed by atoms with Crippen molar-refractivity contribution in [1.29, 1.82) is 0 Å². The van der Waals surface area contributed by atoms with Gasteiger partial charge in [-0.05, 0) is 104 Å². The first-order chi connectivity index (χ1) is 12.9. The van der Waals surface area contributed by atoms with Gasteiger partial charge in [0.1, 0.15) is 5.60 Å². The lowest BCUT2D eigenvalue weighted by Gasteiger charge is -2.61. The molecule has 4 aliphatic carbocycles. The molecule has 0 saturated heterocycles. The van der Waals surface area contributed by atoms with E-state index >= 15 is 0 Å². The van der Waals surface area contributed by atoms with Gasteiger partial charge >= 0.3 is 11.9 Å². The van der Waals surface area contributed by atoms with E-state index in [2.05, 4.69) is 13.8 Å². The summed E-state index contributed by atoms with van der Waals surface area (Å²) in [4.78, 5) is 25.6. The van der Waals surface area contributed by atoms with E-state index in [4.69, 9.17) is 9.47 Å². The monoisotopic (exact) mass is 392 g/mol. The van der Waals surface area contributed by atoms with E-state index in [0.29, 0.717) is 12.8 Å². The largest absolute Gasteiger partial charge is 0.469 e. The van der Waals surface area contributed by atoms with Crippen LogP contribution in [0.3, 0.4) is 0 Å². The normalized spacial score (nSPS) is 34.0. The maximum Gasteiger partial charge on any atom is 0.312 e. The minimum atomic E-state index is -0.738. The molecule has 0 radical (unpaired) electrons. The zero-order valence-electron chi connectivity index (χ0n) is 19.0. The molecule has 0 heterocycles. The third kappa shape index (κ3) is 3.61. The number of hydrogen-bond donors (Lipinski definition) is 0. The van der Waals surface area contributed by atoms with Gasteiger partial charge in [-0.1, -0.05) is 6.92 Å². The molecule has 28 heavy (non-hydrogen) atoms. The minimum Gasteiger partial charge on any atom is -0.469 e. The second-order valence-electron chi connectivity index (χ2n) is 11.6. The van der Waals surface area contributed by atoms with Crippen molar-refractivity contribution in [3.05, 3.63) is 0 Å². The molecule has 4 saturated carbocycles. The summed E-state index contributed by atoms with van der Waals surface area (Å²) in [6.45, 7) is 11.9. The van der Waals surface area contributed by atoms with Crippen molar-refractivity contribution in [1.82, 2.24) is 0 Å². The molecule has 0 aromatic carbocycles. The lowest BCUT2D eigenvalue weighted by molar-refractivity contribution is -0.207. The molecule has 4 heteroatoms. The Labute approximate surface area is 171 Å². The van der Waals surface area contributed by atoms with Crippen LogP contribution >= 0.6 is 0 Å². The molecule has 4 bridgehead atoms. The van der Waals surface area contributed by atoms with Gasteiger partial charge in [0.15, 0.2) is 0 Å². The van der Waals surface area contributed by atoms with Crippen molar-refractivity contribution in [3.8, 4) is 0 Å². The van der Waals surface area contributed by atoms with Gasteiger partial charge in [-0.25, -0.2) is 0 Å². The van der Waals surface area contributed by atoms with Crippen molar-refractivity contribution in [2.24, 2.45) is 34.0 Å². The Morgan fingerprint density at radius 2 is 1.36 bits per heavy atom. The third-order valence-corrected chi connectivity index (χ3v) is 8.51. The molecule has 0 aliphatic heterocycles. The molecule has 160 valence electrons. The number of esters is 2. The highest BCUT2D eigenvalue weighted by atomic mass is 16.6. The van der Waals surface area contributed by atoms with Crippen LogP contribution in [0.1, 0.15) is 92.9 Å². The summed E-state index contributed by atoms with van der Waals surface area (Å²) in [5.74, 6) is 2.02. The summed E-state index contributed by atoms with van der Waals surface area (Å²) in [6, 6.07) is 0. The van der Waals surface area contributed by atoms with E-state index in [0.717, 1.165) is 17.8 Å². The summed E-state index contributed by atoms with van der Waals surface area (Å²) in [5, 5.41) is 0. The Bertz CT molecular complexity index is 597. The van der Waals surface area contributed by atoms with Crippen molar-refractivity contribution >= 4 is 11.9 Å². The zero-order chi connectivity index (χ0) is 21.0. The maximum atomic E-state index is 13.3. The molecule has 4 fully saturated rings. The fraction of sp³-hybridized carbons (Fsp3) is 0.917. The molecule has 0 aromatic heterocycles. The highest BCUT2D eigenvalue weighted by molar-refractivity contribution is 5.80. The van der Waals surface area contributed by atoms with Gasteiger partial charge in [-0.3, -0.25) is 9.59 Å². The quantitative estimate of drug-likeness (QED) is 0.535. The lowest BCUT2D eigenvalue weighted by Crippen LogP contribution is -2.58. The second-order valence-corrected chi connectivity index (χ2v) is 11.6. The number of ether oxygens (including phenoxy) is 2. The molecular weight excluding hydrogens is 352 g/mol. The van der Waals surface area contributed by atoms with Crippen LogP contribution in [0.2, 0.25) is 0 Å². The molecule has 4 aliphatic rings. The smallest absolute Gasteiger partial charge is 0.312 e. The topological polar surface area (TPSA) is 52.6 Å². The molecular formula is C24H40O4. The van der Waals surface area contributed by atoms with Crippen molar-refractivity contribution in [2.45, 2.75) is 98.5 Å². The van der Waals surface area contributed by atoms with Crippen molar-refractivity contribution in [3.63, 3.8) is 0 Å². The number of rotatable bonds is 7. The van der Waals surface area contributed by atoms with Crippen LogP contribution in [0.25, 0.3) is 0 Å². The van der Waals surface area contributed by atoms with Crippen molar-refractivity contribution in [2.75, 3.05) is 7.11 Å². The predicted molar refractivity (Wildman–Crippen MR) is 110 cm³/mol. The molecule has 4 nitrogen and oxygen atoms in total. The van der Waals surface area contributed by atoms with Crippen LogP contribution in [-0.2, 0) is 19.1 Å². The first kappa shape index (κ1) is 21.6. The van der Waals surface area contributed by atoms with Gasteiger partial charge < -0.3 is 9.47 Å². The van der Waals surface area contributed by atoms with Gasteiger partial charge in [0, 0.05) is 5.41 Å². The number of carbonyl (C=O) groups is 2. The fourth-order valence-corrected chi connectivity index (χ4v) is 6.96. The molecule has 0 amide bonds. The van der Waals surface area contributed by atoms with Crippen LogP contribution in [-0.4, -0.2) is 24.6 Å². The van der Waals surface area contributed by atoms with Crippen LogP contribution in [0.5, 0.6) is 0 Å². The molecule has 0 spiro atoms. The Morgan fingerprint density at radius 1 is 0.893 bits per heavy atom. The van der Waals surface area contributed by atoms with E-state index < -0.39 is 16.4 Å². The van der Waals surface area contributed by atoms with Gasteiger partial charge in [-0.15, -0.1) is 0 Å². The van der Waals surface area contributed by atoms with Gasteiger partial charge in [0.05, 0.1) is 17.9 Å². The van der Waals surface area contributed by atoms with Crippen LogP contribution in [0.4, 0.5) is 0 Å². The third-order valence-electron chi connectivity index (χ3n) is 8.51. The minimum absolute atomic E-state index is 0.129. The summed E-state index contributed by atoms with van der Waals surface area (Å²) in [5.41, 5.74) is -1.75. The standard InChI is InChI=1S/C24H40O4/c1-8-23(6,20(26)27-7)15-21(2,3)19(25)28-22(4,5)24-12-16-9-17(13-24)11-18(10-16)14-24/h16-18H,8-15H2,1-7H3. The van der Waals surface area contributed by atoms with E-state index in [1.54, 1.807) is 0 Å². The second kappa shape index (κ2) is 7.02. The molecule has 0 aromatic rings. The first-order valence-electron chi connectivity index (χ1n) is 11.2. The highest BCUT2D eigenvalue weighted by Gasteiger charge is 2.59. The number of methoxy groups -OCH3 is 1. The predicted octanol–water partition coefficient (Wildman–Crippen LogP) is 5.53. The van der Waals surface area contributed by atoms with Gasteiger partial charge in [0.2, 0.25) is 0 Å². The van der Waals surface area contributed by atoms with E-state index in [9.17, 15) is 9.59 Å². The fourth-order valence-electron chi connectivity index (χ4n) is 6.96. The van der Waals surface area contributed by atoms with Crippen LogP contribution in [0.15, 0.2) is 0 Å².